The third-order valence-electron chi connectivity index (χ3n) is 3.38. The summed E-state index contributed by atoms with van der Waals surface area (Å²) in [4.78, 5) is 18.4. The van der Waals surface area contributed by atoms with Crippen LogP contribution in [0, 0.1) is 0 Å². The van der Waals surface area contributed by atoms with E-state index in [-0.39, 0.29) is 5.91 Å². The SMILES string of the molecule is CCOc1ncc(C(=O)N2CCCc3[nH]ncc32)cc1Cl. The van der Waals surface area contributed by atoms with E-state index in [1.165, 1.54) is 6.20 Å². The Morgan fingerprint density at radius 2 is 2.38 bits per heavy atom. The lowest BCUT2D eigenvalue weighted by molar-refractivity contribution is 0.0984. The third kappa shape index (κ3) is 2.58. The Morgan fingerprint density at radius 1 is 1.52 bits per heavy atom. The Bertz CT molecular complexity index is 671. The van der Waals surface area contributed by atoms with Gasteiger partial charge in [-0.05, 0) is 25.8 Å². The third-order valence-corrected chi connectivity index (χ3v) is 3.65. The van der Waals surface area contributed by atoms with Crippen LogP contribution in [0.25, 0.3) is 0 Å². The largest absolute Gasteiger partial charge is 0.477 e. The Hall–Kier alpha value is -2.08. The van der Waals surface area contributed by atoms with Gasteiger partial charge in [-0.25, -0.2) is 4.98 Å². The molecule has 0 aromatic carbocycles. The monoisotopic (exact) mass is 306 g/mol. The van der Waals surface area contributed by atoms with Crippen LogP contribution in [0.1, 0.15) is 29.4 Å². The molecule has 1 amide bonds. The number of H-pyrrole nitrogens is 1. The average molecular weight is 307 g/mol. The first-order valence-electron chi connectivity index (χ1n) is 6.83. The number of carbonyl (C=O) groups is 1. The predicted molar refractivity (Wildman–Crippen MR) is 79.0 cm³/mol. The fraction of sp³-hybridized carbons (Fsp3) is 0.357. The lowest BCUT2D eigenvalue weighted by Crippen LogP contribution is -2.35. The molecule has 1 aliphatic heterocycles. The number of amides is 1. The summed E-state index contributed by atoms with van der Waals surface area (Å²) in [5.74, 6) is 0.216. The second kappa shape index (κ2) is 5.73. The van der Waals surface area contributed by atoms with Crippen molar-refractivity contribution in [2.24, 2.45) is 0 Å². The number of aromatic amines is 1. The first-order valence-corrected chi connectivity index (χ1v) is 7.21. The van der Waals surface area contributed by atoms with Gasteiger partial charge in [0.1, 0.15) is 5.02 Å². The van der Waals surface area contributed by atoms with Crippen LogP contribution >= 0.6 is 11.6 Å². The highest BCUT2D eigenvalue weighted by Gasteiger charge is 2.25. The Kier molecular flexibility index (Phi) is 3.79. The summed E-state index contributed by atoms with van der Waals surface area (Å²) in [6.45, 7) is 2.99. The maximum atomic E-state index is 12.6. The van der Waals surface area contributed by atoms with Gasteiger partial charge in [0.25, 0.3) is 5.91 Å². The van der Waals surface area contributed by atoms with Crippen molar-refractivity contribution in [3.63, 3.8) is 0 Å². The molecular weight excluding hydrogens is 292 g/mol. The zero-order valence-electron chi connectivity index (χ0n) is 11.6. The molecule has 0 saturated carbocycles. The minimum Gasteiger partial charge on any atom is -0.477 e. The zero-order valence-corrected chi connectivity index (χ0v) is 12.4. The minimum atomic E-state index is -0.130. The van der Waals surface area contributed by atoms with Crippen LogP contribution in [-0.4, -0.2) is 34.2 Å². The molecule has 6 nitrogen and oxygen atoms in total. The Balaban J connectivity index is 1.88. The van der Waals surface area contributed by atoms with Crippen LogP contribution in [0.4, 0.5) is 5.69 Å². The fourth-order valence-corrected chi connectivity index (χ4v) is 2.63. The van der Waals surface area contributed by atoms with Crippen LogP contribution in [-0.2, 0) is 6.42 Å². The molecule has 0 fully saturated rings. The van der Waals surface area contributed by atoms with Gasteiger partial charge < -0.3 is 9.64 Å². The first-order chi connectivity index (χ1) is 10.2. The van der Waals surface area contributed by atoms with Crippen molar-refractivity contribution in [1.82, 2.24) is 15.2 Å². The molecule has 3 heterocycles. The molecule has 0 radical (unpaired) electrons. The van der Waals surface area contributed by atoms with Crippen LogP contribution < -0.4 is 9.64 Å². The van der Waals surface area contributed by atoms with Gasteiger partial charge in [-0.2, -0.15) is 5.10 Å². The summed E-state index contributed by atoms with van der Waals surface area (Å²) >= 11 is 6.09. The molecule has 110 valence electrons. The highest BCUT2D eigenvalue weighted by molar-refractivity contribution is 6.32. The van der Waals surface area contributed by atoms with E-state index in [0.29, 0.717) is 29.6 Å². The van der Waals surface area contributed by atoms with E-state index in [1.54, 1.807) is 17.2 Å². The summed E-state index contributed by atoms with van der Waals surface area (Å²) in [6.07, 6.45) is 4.98. The number of ether oxygens (including phenoxy) is 1. The van der Waals surface area contributed by atoms with Gasteiger partial charge in [0, 0.05) is 12.7 Å². The van der Waals surface area contributed by atoms with Crippen LogP contribution in [0.5, 0.6) is 5.88 Å². The molecular formula is C14H15ClN4O2. The number of hydrogen-bond acceptors (Lipinski definition) is 4. The number of aryl methyl sites for hydroxylation is 1. The molecule has 0 aliphatic carbocycles. The number of aromatic nitrogens is 3. The van der Waals surface area contributed by atoms with E-state index in [0.717, 1.165) is 24.2 Å². The molecule has 0 atom stereocenters. The topological polar surface area (TPSA) is 71.1 Å². The highest BCUT2D eigenvalue weighted by atomic mass is 35.5. The lowest BCUT2D eigenvalue weighted by Gasteiger charge is -2.26. The maximum absolute atomic E-state index is 12.6. The number of halogens is 1. The number of anilines is 1. The molecule has 0 spiro atoms. The molecule has 0 bridgehead atoms. The van der Waals surface area contributed by atoms with E-state index in [2.05, 4.69) is 15.2 Å². The minimum absolute atomic E-state index is 0.130. The van der Waals surface area contributed by atoms with Gasteiger partial charge in [0.15, 0.2) is 0 Å². The van der Waals surface area contributed by atoms with Crippen molar-refractivity contribution < 1.29 is 9.53 Å². The van der Waals surface area contributed by atoms with E-state index >= 15 is 0 Å². The van der Waals surface area contributed by atoms with Crippen molar-refractivity contribution in [1.29, 1.82) is 0 Å². The van der Waals surface area contributed by atoms with Crippen LogP contribution in [0.3, 0.4) is 0 Å². The first kappa shape index (κ1) is 13.9. The predicted octanol–water partition coefficient (Wildman–Crippen LogP) is 2.45. The van der Waals surface area contributed by atoms with Crippen molar-refractivity contribution in [3.8, 4) is 5.88 Å². The normalized spacial score (nSPS) is 13.9. The summed E-state index contributed by atoms with van der Waals surface area (Å²) in [6, 6.07) is 1.59. The molecule has 3 rings (SSSR count). The fourth-order valence-electron chi connectivity index (χ4n) is 2.41. The number of fused-ring (bicyclic) bond motifs is 1. The lowest BCUT2D eigenvalue weighted by atomic mass is 10.1. The molecule has 0 saturated heterocycles. The van der Waals surface area contributed by atoms with Crippen LogP contribution in [0.2, 0.25) is 5.02 Å². The zero-order chi connectivity index (χ0) is 14.8. The Labute approximate surface area is 127 Å². The van der Waals surface area contributed by atoms with Crippen molar-refractivity contribution in [2.45, 2.75) is 19.8 Å². The number of nitrogens with one attached hydrogen (secondary N) is 1. The van der Waals surface area contributed by atoms with Crippen LogP contribution in [0.15, 0.2) is 18.5 Å². The van der Waals surface area contributed by atoms with E-state index in [9.17, 15) is 4.79 Å². The van der Waals surface area contributed by atoms with Crippen molar-refractivity contribution in [2.75, 3.05) is 18.1 Å². The molecule has 2 aromatic heterocycles. The van der Waals surface area contributed by atoms with Gasteiger partial charge in [-0.15, -0.1) is 0 Å². The van der Waals surface area contributed by atoms with Crippen molar-refractivity contribution in [3.05, 3.63) is 34.7 Å². The number of nitrogens with zero attached hydrogens (tertiary/aromatic N) is 3. The van der Waals surface area contributed by atoms with E-state index in [1.807, 2.05) is 6.92 Å². The maximum Gasteiger partial charge on any atom is 0.259 e. The molecule has 21 heavy (non-hydrogen) atoms. The molecule has 1 aliphatic rings. The highest BCUT2D eigenvalue weighted by Crippen LogP contribution is 2.28. The Morgan fingerprint density at radius 3 is 3.14 bits per heavy atom. The second-order valence-electron chi connectivity index (χ2n) is 4.74. The molecule has 0 unspecified atom stereocenters. The average Bonchev–Trinajstić information content (AvgIpc) is 2.97. The van der Waals surface area contributed by atoms with Gasteiger partial charge in [0.05, 0.1) is 29.7 Å². The number of carbonyl (C=O) groups excluding carboxylic acids is 1. The standard InChI is InChI=1S/C14H15ClN4O2/c1-2-21-13-10(15)6-9(7-16-13)14(20)19-5-3-4-11-12(19)8-17-18-11/h6-8H,2-5H2,1H3,(H,17,18). The van der Waals surface area contributed by atoms with Gasteiger partial charge in [-0.1, -0.05) is 11.6 Å². The molecule has 2 aromatic rings. The summed E-state index contributed by atoms with van der Waals surface area (Å²) in [7, 11) is 0. The second-order valence-corrected chi connectivity index (χ2v) is 5.15. The summed E-state index contributed by atoms with van der Waals surface area (Å²) < 4.78 is 5.28. The number of hydrogen-bond donors (Lipinski definition) is 1. The number of pyridine rings is 1. The smallest absolute Gasteiger partial charge is 0.259 e. The van der Waals surface area contributed by atoms with Gasteiger partial charge >= 0.3 is 0 Å². The number of rotatable bonds is 3. The van der Waals surface area contributed by atoms with Gasteiger partial charge in [0.2, 0.25) is 5.88 Å². The summed E-state index contributed by atoms with van der Waals surface area (Å²) in [5.41, 5.74) is 2.26. The van der Waals surface area contributed by atoms with Crippen molar-refractivity contribution >= 4 is 23.2 Å². The van der Waals surface area contributed by atoms with E-state index in [4.69, 9.17) is 16.3 Å². The quantitative estimate of drug-likeness (QED) is 0.945. The molecule has 1 N–H and O–H groups in total. The van der Waals surface area contributed by atoms with Gasteiger partial charge in [-0.3, -0.25) is 9.89 Å². The van der Waals surface area contributed by atoms with E-state index < -0.39 is 0 Å². The summed E-state index contributed by atoms with van der Waals surface area (Å²) in [5, 5.41) is 7.27. The molecule has 7 heteroatoms.